The van der Waals surface area contributed by atoms with E-state index in [9.17, 15) is 18.3 Å². The highest BCUT2D eigenvalue weighted by molar-refractivity contribution is 9.10. The Labute approximate surface area is 201 Å². The standard InChI is InChI=1S/C25H21BrN2O4S/c1-25(2,3)16-12-14-28(15-13-16)22-21(23(29)19-6-4-5-7-20(19)24(22)30)27-33(31,32)18-10-8-17(26)9-11-18/h4-15H,1-3H3. The van der Waals surface area contributed by atoms with Crippen LogP contribution in [0.25, 0.3) is 11.5 Å². The van der Waals surface area contributed by atoms with Gasteiger partial charge in [-0.2, -0.15) is 13.0 Å². The van der Waals surface area contributed by atoms with Crippen LogP contribution in [-0.4, -0.2) is 19.9 Å². The number of allylic oxidation sites excluding steroid dienone is 1. The SMILES string of the molecule is CC(C)(C)c1cc[n+](C2=C([O-])c3ccccc3C(=O)C2=NS(=O)(=O)c2ccc(Br)cc2)cc1. The second kappa shape index (κ2) is 8.35. The molecule has 0 bridgehead atoms. The maximum atomic E-state index is 13.4. The third kappa shape index (κ3) is 4.41. The minimum absolute atomic E-state index is 0.0789. The maximum Gasteiger partial charge on any atom is 0.283 e. The van der Waals surface area contributed by atoms with Crippen molar-refractivity contribution in [2.75, 3.05) is 0 Å². The number of halogens is 1. The van der Waals surface area contributed by atoms with Gasteiger partial charge in [-0.15, -0.1) is 4.40 Å². The van der Waals surface area contributed by atoms with Crippen LogP contribution in [0.1, 0.15) is 42.3 Å². The summed E-state index contributed by atoms with van der Waals surface area (Å²) in [7, 11) is -4.25. The smallest absolute Gasteiger partial charge is 0.283 e. The van der Waals surface area contributed by atoms with Crippen LogP contribution in [-0.2, 0) is 15.4 Å². The van der Waals surface area contributed by atoms with Gasteiger partial charge in [0.1, 0.15) is 0 Å². The van der Waals surface area contributed by atoms with Crippen molar-refractivity contribution in [3.05, 3.63) is 94.2 Å². The third-order valence-corrected chi connectivity index (χ3v) is 7.17. The van der Waals surface area contributed by atoms with E-state index in [-0.39, 0.29) is 27.1 Å². The first-order chi connectivity index (χ1) is 15.5. The normalized spacial score (nSPS) is 15.6. The molecule has 33 heavy (non-hydrogen) atoms. The molecule has 0 saturated heterocycles. The second-order valence-corrected chi connectivity index (χ2v) is 11.2. The van der Waals surface area contributed by atoms with E-state index in [4.69, 9.17) is 0 Å². The number of carbonyl (C=O) groups is 1. The molecule has 0 N–H and O–H groups in total. The monoisotopic (exact) mass is 524 g/mol. The van der Waals surface area contributed by atoms with Gasteiger partial charge in [-0.25, -0.2) is 0 Å². The molecule has 1 aromatic heterocycles. The van der Waals surface area contributed by atoms with E-state index in [0.717, 1.165) is 5.56 Å². The summed E-state index contributed by atoms with van der Waals surface area (Å²) in [5.74, 6) is -1.09. The molecule has 3 aromatic rings. The molecule has 1 aliphatic carbocycles. The van der Waals surface area contributed by atoms with Gasteiger partial charge in [0.15, 0.2) is 18.1 Å². The van der Waals surface area contributed by atoms with E-state index in [0.29, 0.717) is 4.47 Å². The average Bonchev–Trinajstić information content (AvgIpc) is 2.77. The molecular formula is C25H21BrN2O4S. The van der Waals surface area contributed by atoms with Crippen LogP contribution < -0.4 is 9.67 Å². The molecule has 8 heteroatoms. The lowest BCUT2D eigenvalue weighted by atomic mass is 9.87. The summed E-state index contributed by atoms with van der Waals surface area (Å²) in [5, 5.41) is 13.4. The van der Waals surface area contributed by atoms with Crippen LogP contribution in [0.15, 0.2) is 86.8 Å². The number of aromatic nitrogens is 1. The predicted molar refractivity (Wildman–Crippen MR) is 128 cm³/mol. The number of sulfonamides is 1. The molecule has 1 heterocycles. The number of pyridine rings is 1. The maximum absolute atomic E-state index is 13.4. The minimum atomic E-state index is -4.25. The van der Waals surface area contributed by atoms with E-state index < -0.39 is 27.3 Å². The lowest BCUT2D eigenvalue weighted by Crippen LogP contribution is -2.43. The van der Waals surface area contributed by atoms with E-state index in [1.807, 2.05) is 12.1 Å². The molecule has 0 aliphatic heterocycles. The predicted octanol–water partition coefficient (Wildman–Crippen LogP) is 3.75. The highest BCUT2D eigenvalue weighted by Crippen LogP contribution is 2.29. The number of carbonyl (C=O) groups excluding carboxylic acids is 1. The van der Waals surface area contributed by atoms with Crippen molar-refractivity contribution in [2.24, 2.45) is 4.40 Å². The molecule has 0 fully saturated rings. The zero-order valence-corrected chi connectivity index (χ0v) is 20.6. The number of nitrogens with zero attached hydrogens (tertiary/aromatic N) is 2. The first-order valence-electron chi connectivity index (χ1n) is 10.2. The molecule has 0 atom stereocenters. The summed E-state index contributed by atoms with van der Waals surface area (Å²) in [5.41, 5.74) is 0.739. The number of hydrogen-bond acceptors (Lipinski definition) is 4. The summed E-state index contributed by atoms with van der Waals surface area (Å²) in [6.07, 6.45) is 3.30. The van der Waals surface area contributed by atoms with Crippen molar-refractivity contribution in [2.45, 2.75) is 31.1 Å². The van der Waals surface area contributed by atoms with E-state index in [1.165, 1.54) is 22.8 Å². The Bertz CT molecular complexity index is 1420. The lowest BCUT2D eigenvalue weighted by molar-refractivity contribution is -0.578. The van der Waals surface area contributed by atoms with E-state index in [1.54, 1.807) is 42.7 Å². The van der Waals surface area contributed by atoms with Gasteiger partial charge in [0.2, 0.25) is 11.5 Å². The fourth-order valence-electron chi connectivity index (χ4n) is 3.53. The Morgan fingerprint density at radius 1 is 0.909 bits per heavy atom. The summed E-state index contributed by atoms with van der Waals surface area (Å²) in [4.78, 5) is 13.3. The Kier molecular flexibility index (Phi) is 5.84. The van der Waals surface area contributed by atoms with Gasteiger partial charge >= 0.3 is 0 Å². The number of benzene rings is 2. The highest BCUT2D eigenvalue weighted by Gasteiger charge is 2.35. The molecule has 0 radical (unpaired) electrons. The van der Waals surface area contributed by atoms with Crippen molar-refractivity contribution in [1.82, 2.24) is 0 Å². The molecule has 0 amide bonds. The largest absolute Gasteiger partial charge is 0.867 e. The van der Waals surface area contributed by atoms with E-state index in [2.05, 4.69) is 41.1 Å². The fourth-order valence-corrected chi connectivity index (χ4v) is 4.79. The van der Waals surface area contributed by atoms with Crippen molar-refractivity contribution in [1.29, 1.82) is 0 Å². The topological polar surface area (TPSA) is 90.5 Å². The van der Waals surface area contributed by atoms with Gasteiger partial charge in [0.05, 0.1) is 4.90 Å². The molecule has 0 unspecified atom stereocenters. The molecule has 0 spiro atoms. The van der Waals surface area contributed by atoms with Crippen LogP contribution in [0.4, 0.5) is 0 Å². The van der Waals surface area contributed by atoms with Gasteiger partial charge in [0.25, 0.3) is 10.0 Å². The van der Waals surface area contributed by atoms with Crippen molar-refractivity contribution in [3.63, 3.8) is 0 Å². The van der Waals surface area contributed by atoms with Gasteiger partial charge in [-0.1, -0.05) is 61.0 Å². The zero-order valence-electron chi connectivity index (χ0n) is 18.2. The molecular weight excluding hydrogens is 504 g/mol. The summed E-state index contributed by atoms with van der Waals surface area (Å²) >= 11 is 3.27. The average molecular weight is 525 g/mol. The van der Waals surface area contributed by atoms with Crippen LogP contribution in [0.3, 0.4) is 0 Å². The minimum Gasteiger partial charge on any atom is -0.867 e. The van der Waals surface area contributed by atoms with Crippen molar-refractivity contribution < 1.29 is 22.9 Å². The molecule has 1 aliphatic rings. The first-order valence-corrected chi connectivity index (χ1v) is 12.4. The van der Waals surface area contributed by atoms with Crippen LogP contribution in [0.5, 0.6) is 0 Å². The second-order valence-electron chi connectivity index (χ2n) is 8.67. The first kappa shape index (κ1) is 23.1. The lowest BCUT2D eigenvalue weighted by Gasteiger charge is -2.23. The van der Waals surface area contributed by atoms with Gasteiger partial charge < -0.3 is 5.11 Å². The fraction of sp³-hybridized carbons (Fsp3) is 0.160. The van der Waals surface area contributed by atoms with Gasteiger partial charge in [-0.3, -0.25) is 4.79 Å². The Balaban J connectivity index is 1.94. The molecule has 168 valence electrons. The number of rotatable bonds is 3. The molecule has 0 saturated carbocycles. The van der Waals surface area contributed by atoms with E-state index >= 15 is 0 Å². The molecule has 6 nitrogen and oxygen atoms in total. The summed E-state index contributed by atoms with van der Waals surface area (Å²) < 4.78 is 32.1. The van der Waals surface area contributed by atoms with Crippen molar-refractivity contribution in [3.8, 4) is 0 Å². The Morgan fingerprint density at radius 2 is 1.48 bits per heavy atom. The van der Waals surface area contributed by atoms with Gasteiger partial charge in [0, 0.05) is 22.2 Å². The summed E-state index contributed by atoms with van der Waals surface area (Å²) in [6, 6.07) is 15.9. The number of ketones is 1. The van der Waals surface area contributed by atoms with Crippen LogP contribution >= 0.6 is 15.9 Å². The Hall–Kier alpha value is -3.10. The molecule has 2 aromatic carbocycles. The summed E-state index contributed by atoms with van der Waals surface area (Å²) in [6.45, 7) is 6.18. The number of hydrogen-bond donors (Lipinski definition) is 0. The highest BCUT2D eigenvalue weighted by atomic mass is 79.9. The Morgan fingerprint density at radius 3 is 2.06 bits per heavy atom. The quantitative estimate of drug-likeness (QED) is 0.488. The van der Waals surface area contributed by atoms with Crippen LogP contribution in [0, 0.1) is 0 Å². The number of fused-ring (bicyclic) bond motifs is 1. The van der Waals surface area contributed by atoms with Crippen LogP contribution in [0.2, 0.25) is 0 Å². The van der Waals surface area contributed by atoms with Gasteiger partial charge in [-0.05, 0) is 46.6 Å². The third-order valence-electron chi connectivity index (χ3n) is 5.35. The molecule has 4 rings (SSSR count). The van der Waals surface area contributed by atoms with Crippen molar-refractivity contribution >= 4 is 48.9 Å². The number of Topliss-reactive ketones (excluding diaryl/α,β-unsaturated/α-hetero) is 1. The zero-order chi connectivity index (χ0) is 24.0.